The van der Waals surface area contributed by atoms with Crippen molar-refractivity contribution in [3.8, 4) is 22.3 Å². The molecule has 0 fully saturated rings. The topological polar surface area (TPSA) is 12.0 Å². The van der Waals surface area contributed by atoms with Crippen molar-refractivity contribution >= 4 is 53.7 Å². The van der Waals surface area contributed by atoms with Crippen LogP contribution in [0.2, 0.25) is 0 Å². The van der Waals surface area contributed by atoms with Gasteiger partial charge in [0.1, 0.15) is 0 Å². The van der Waals surface area contributed by atoms with E-state index in [1.165, 1.54) is 75.5 Å². The molecule has 1 aliphatic rings. The van der Waals surface area contributed by atoms with Gasteiger partial charge in [0.15, 0.2) is 0 Å². The highest BCUT2D eigenvalue weighted by Crippen LogP contribution is 2.56. The Labute approximate surface area is 289 Å². The SMILES string of the molecule is c1ccc(C2(c3ccccc3)c3ccccc3-c3ccc(-c4ccc(Nc5cccc6c5sc5c7ccccc7ccc65)cc4)cc32)cc1. The second-order valence-corrected chi connectivity index (χ2v) is 14.0. The number of hydrogen-bond acceptors (Lipinski definition) is 2. The smallest absolute Gasteiger partial charge is 0.0713 e. The van der Waals surface area contributed by atoms with Crippen LogP contribution in [0.4, 0.5) is 11.4 Å². The van der Waals surface area contributed by atoms with E-state index in [9.17, 15) is 0 Å². The quantitative estimate of drug-likeness (QED) is 0.197. The van der Waals surface area contributed by atoms with Gasteiger partial charge in [0.05, 0.1) is 15.8 Å². The molecule has 9 aromatic rings. The molecule has 0 amide bonds. The van der Waals surface area contributed by atoms with E-state index in [-0.39, 0.29) is 0 Å². The summed E-state index contributed by atoms with van der Waals surface area (Å²) in [5.74, 6) is 0. The Kier molecular flexibility index (Phi) is 6.34. The first-order valence-electron chi connectivity index (χ1n) is 16.8. The van der Waals surface area contributed by atoms with Crippen LogP contribution in [0, 0.1) is 0 Å². The molecule has 1 N–H and O–H groups in total. The van der Waals surface area contributed by atoms with Gasteiger partial charge >= 0.3 is 0 Å². The van der Waals surface area contributed by atoms with Crippen LogP contribution >= 0.6 is 11.3 Å². The molecule has 230 valence electrons. The predicted molar refractivity (Wildman–Crippen MR) is 209 cm³/mol. The van der Waals surface area contributed by atoms with Gasteiger partial charge in [0.2, 0.25) is 0 Å². The molecule has 0 aliphatic heterocycles. The Morgan fingerprint density at radius 3 is 1.84 bits per heavy atom. The number of rotatable bonds is 5. The molecule has 8 aromatic carbocycles. The van der Waals surface area contributed by atoms with Crippen molar-refractivity contribution in [2.45, 2.75) is 5.41 Å². The predicted octanol–water partition coefficient (Wildman–Crippen LogP) is 13.0. The van der Waals surface area contributed by atoms with Gasteiger partial charge in [-0.05, 0) is 79.5 Å². The lowest BCUT2D eigenvalue weighted by atomic mass is 9.67. The molecule has 49 heavy (non-hydrogen) atoms. The number of thiophene rings is 1. The highest BCUT2D eigenvalue weighted by molar-refractivity contribution is 7.27. The molecule has 0 radical (unpaired) electrons. The Hall–Kier alpha value is -5.96. The molecule has 0 unspecified atom stereocenters. The minimum absolute atomic E-state index is 0.403. The lowest BCUT2D eigenvalue weighted by Crippen LogP contribution is -2.28. The van der Waals surface area contributed by atoms with E-state index in [0.717, 1.165) is 11.4 Å². The first-order valence-corrected chi connectivity index (χ1v) is 17.7. The van der Waals surface area contributed by atoms with E-state index in [2.05, 4.69) is 187 Å². The molecule has 1 aliphatic carbocycles. The molecular formula is C47H31NS. The Morgan fingerprint density at radius 1 is 0.408 bits per heavy atom. The van der Waals surface area contributed by atoms with E-state index >= 15 is 0 Å². The zero-order valence-electron chi connectivity index (χ0n) is 26.7. The van der Waals surface area contributed by atoms with Gasteiger partial charge < -0.3 is 5.32 Å². The second kappa shape index (κ2) is 11.1. The molecule has 0 saturated carbocycles. The second-order valence-electron chi connectivity index (χ2n) is 12.9. The summed E-state index contributed by atoms with van der Waals surface area (Å²) in [7, 11) is 0. The summed E-state index contributed by atoms with van der Waals surface area (Å²) in [6.07, 6.45) is 0. The van der Waals surface area contributed by atoms with E-state index in [1.54, 1.807) is 0 Å². The van der Waals surface area contributed by atoms with Crippen molar-refractivity contribution in [2.75, 3.05) is 5.32 Å². The normalized spacial score (nSPS) is 13.1. The zero-order valence-corrected chi connectivity index (χ0v) is 27.5. The Balaban J connectivity index is 1.06. The number of fused-ring (bicyclic) bond motifs is 8. The van der Waals surface area contributed by atoms with Crippen molar-refractivity contribution < 1.29 is 0 Å². The summed E-state index contributed by atoms with van der Waals surface area (Å²) < 4.78 is 2.63. The molecule has 1 heterocycles. The third-order valence-electron chi connectivity index (χ3n) is 10.3. The summed E-state index contributed by atoms with van der Waals surface area (Å²) in [5.41, 5.74) is 12.1. The third-order valence-corrected chi connectivity index (χ3v) is 11.6. The molecule has 2 heteroatoms. The van der Waals surface area contributed by atoms with Gasteiger partial charge in [-0.1, -0.05) is 158 Å². The van der Waals surface area contributed by atoms with Crippen molar-refractivity contribution in [3.05, 3.63) is 204 Å². The van der Waals surface area contributed by atoms with Crippen molar-refractivity contribution in [3.63, 3.8) is 0 Å². The fraction of sp³-hybridized carbons (Fsp3) is 0.0213. The largest absolute Gasteiger partial charge is 0.354 e. The minimum Gasteiger partial charge on any atom is -0.354 e. The van der Waals surface area contributed by atoms with Crippen LogP contribution in [0.15, 0.2) is 182 Å². The maximum absolute atomic E-state index is 3.75. The molecule has 0 bridgehead atoms. The first kappa shape index (κ1) is 28.1. The van der Waals surface area contributed by atoms with Gasteiger partial charge in [0, 0.05) is 21.2 Å². The van der Waals surface area contributed by atoms with Gasteiger partial charge in [-0.25, -0.2) is 0 Å². The average molecular weight is 642 g/mol. The van der Waals surface area contributed by atoms with Crippen molar-refractivity contribution in [1.29, 1.82) is 0 Å². The number of nitrogens with one attached hydrogen (secondary N) is 1. The Bertz CT molecular complexity index is 2630. The zero-order chi connectivity index (χ0) is 32.4. The van der Waals surface area contributed by atoms with Crippen LogP contribution in [0.25, 0.3) is 53.2 Å². The number of anilines is 2. The summed E-state index contributed by atoms with van der Waals surface area (Å²) >= 11 is 1.88. The van der Waals surface area contributed by atoms with Crippen LogP contribution in [-0.4, -0.2) is 0 Å². The van der Waals surface area contributed by atoms with Crippen LogP contribution in [0.1, 0.15) is 22.3 Å². The van der Waals surface area contributed by atoms with Crippen molar-refractivity contribution in [1.82, 2.24) is 0 Å². The summed E-state index contributed by atoms with van der Waals surface area (Å²) in [4.78, 5) is 0. The number of benzene rings is 8. The maximum Gasteiger partial charge on any atom is 0.0713 e. The lowest BCUT2D eigenvalue weighted by molar-refractivity contribution is 0.769. The van der Waals surface area contributed by atoms with Crippen LogP contribution < -0.4 is 5.32 Å². The first-order chi connectivity index (χ1) is 24.3. The van der Waals surface area contributed by atoms with E-state index in [1.807, 2.05) is 11.3 Å². The fourth-order valence-corrected chi connectivity index (χ4v) is 9.46. The van der Waals surface area contributed by atoms with E-state index in [4.69, 9.17) is 0 Å². The van der Waals surface area contributed by atoms with Crippen LogP contribution in [0.3, 0.4) is 0 Å². The monoisotopic (exact) mass is 641 g/mol. The van der Waals surface area contributed by atoms with Crippen LogP contribution in [-0.2, 0) is 5.41 Å². The summed E-state index contributed by atoms with van der Waals surface area (Å²) in [6.45, 7) is 0. The molecule has 0 saturated heterocycles. The van der Waals surface area contributed by atoms with E-state index in [0.29, 0.717) is 0 Å². The lowest BCUT2D eigenvalue weighted by Gasteiger charge is -2.34. The summed E-state index contributed by atoms with van der Waals surface area (Å²) in [5, 5.41) is 8.97. The standard InChI is InChI=1S/C47H31NS/c1-3-13-34(14-4-1)47(35-15-5-2-6-16-35)42-20-10-9-18-38(42)39-28-25-33(30-43(39)47)31-22-26-36(27-23-31)48-44-21-11-19-40-41-29-24-32-12-7-8-17-37(32)45(41)49-46(40)44/h1-30,48H. The third kappa shape index (κ3) is 4.24. The molecule has 1 nitrogen and oxygen atoms in total. The molecule has 1 aromatic heterocycles. The van der Waals surface area contributed by atoms with Gasteiger partial charge in [0.25, 0.3) is 0 Å². The summed E-state index contributed by atoms with van der Waals surface area (Å²) in [6, 6.07) is 66.7. The highest BCUT2D eigenvalue weighted by Gasteiger charge is 2.46. The van der Waals surface area contributed by atoms with Gasteiger partial charge in [-0.3, -0.25) is 0 Å². The minimum atomic E-state index is -0.403. The van der Waals surface area contributed by atoms with Crippen LogP contribution in [0.5, 0.6) is 0 Å². The van der Waals surface area contributed by atoms with Crippen molar-refractivity contribution in [2.24, 2.45) is 0 Å². The molecule has 10 rings (SSSR count). The number of hydrogen-bond donors (Lipinski definition) is 1. The molecular weight excluding hydrogens is 611 g/mol. The highest BCUT2D eigenvalue weighted by atomic mass is 32.1. The molecule has 0 spiro atoms. The van der Waals surface area contributed by atoms with Gasteiger partial charge in [-0.15, -0.1) is 11.3 Å². The fourth-order valence-electron chi connectivity index (χ4n) is 8.15. The Morgan fingerprint density at radius 2 is 1.04 bits per heavy atom. The average Bonchev–Trinajstić information content (AvgIpc) is 3.71. The van der Waals surface area contributed by atoms with E-state index < -0.39 is 5.41 Å². The van der Waals surface area contributed by atoms with Gasteiger partial charge in [-0.2, -0.15) is 0 Å². The molecule has 0 atom stereocenters. The maximum atomic E-state index is 3.75.